The summed E-state index contributed by atoms with van der Waals surface area (Å²) in [7, 11) is 2.97. The summed E-state index contributed by atoms with van der Waals surface area (Å²) in [6.07, 6.45) is 0. The number of hydrogen-bond donors (Lipinski definition) is 1. The summed E-state index contributed by atoms with van der Waals surface area (Å²) < 4.78 is 6.02. The van der Waals surface area contributed by atoms with E-state index in [2.05, 4.69) is 21.2 Å². The molecule has 0 bridgehead atoms. The van der Waals surface area contributed by atoms with E-state index in [1.165, 1.54) is 30.8 Å². The maximum absolute atomic E-state index is 11.9. The third-order valence-electron chi connectivity index (χ3n) is 3.17. The third kappa shape index (κ3) is 7.35. The quantitative estimate of drug-likeness (QED) is 0.654. The molecule has 2 amide bonds. The number of likely N-dealkylation sites (N-methyl/N-ethyl adjacent to an activating group) is 2. The number of hydrogen-bond acceptors (Lipinski definition) is 5. The highest BCUT2D eigenvalue weighted by molar-refractivity contribution is 9.10. The van der Waals surface area contributed by atoms with Crippen LogP contribution in [0.15, 0.2) is 28.7 Å². The van der Waals surface area contributed by atoms with Crippen LogP contribution < -0.4 is 5.32 Å². The molecule has 0 aliphatic carbocycles. The standard InChI is InChI=1S/C16H21BrN2O4S/c1-11(24-10-12-4-6-13(17)7-5-12)16(22)23-9-15(21)19(3)8-14(20)18-2/h4-7,11H,8-10H2,1-3H3,(H,18,20)/t11-/m0/s1. The van der Waals surface area contributed by atoms with Crippen molar-refractivity contribution in [2.45, 2.75) is 17.9 Å². The first kappa shape index (κ1) is 20.5. The molecule has 0 saturated heterocycles. The van der Waals surface area contributed by atoms with Gasteiger partial charge in [-0.1, -0.05) is 28.1 Å². The van der Waals surface area contributed by atoms with Crippen molar-refractivity contribution in [2.24, 2.45) is 0 Å². The molecule has 0 heterocycles. The first-order valence-corrected chi connectivity index (χ1v) is 9.15. The van der Waals surface area contributed by atoms with Crippen LogP contribution in [0.4, 0.5) is 0 Å². The molecule has 1 aromatic rings. The van der Waals surface area contributed by atoms with E-state index >= 15 is 0 Å². The number of halogens is 1. The molecule has 24 heavy (non-hydrogen) atoms. The van der Waals surface area contributed by atoms with Gasteiger partial charge in [0.2, 0.25) is 5.91 Å². The second kappa shape index (κ2) is 10.4. The largest absolute Gasteiger partial charge is 0.455 e. The Kier molecular flexibility index (Phi) is 8.84. The molecule has 1 atom stereocenters. The monoisotopic (exact) mass is 416 g/mol. The van der Waals surface area contributed by atoms with Gasteiger partial charge in [0.15, 0.2) is 6.61 Å². The zero-order valence-electron chi connectivity index (χ0n) is 13.9. The summed E-state index contributed by atoms with van der Waals surface area (Å²) >= 11 is 4.81. The van der Waals surface area contributed by atoms with E-state index < -0.39 is 11.9 Å². The lowest BCUT2D eigenvalue weighted by molar-refractivity contribution is -0.151. The molecule has 8 heteroatoms. The van der Waals surface area contributed by atoms with Crippen LogP contribution in [0.1, 0.15) is 12.5 Å². The summed E-state index contributed by atoms with van der Waals surface area (Å²) in [5.41, 5.74) is 1.10. The predicted octanol–water partition coefficient (Wildman–Crippen LogP) is 1.82. The SMILES string of the molecule is CNC(=O)CN(C)C(=O)COC(=O)[C@H](C)SCc1ccc(Br)cc1. The molecule has 0 aliphatic heterocycles. The molecule has 1 aromatic carbocycles. The number of carbonyl (C=O) groups excluding carboxylic acids is 3. The zero-order chi connectivity index (χ0) is 18.1. The Balaban J connectivity index is 2.34. The van der Waals surface area contributed by atoms with Gasteiger partial charge in [0.1, 0.15) is 0 Å². The van der Waals surface area contributed by atoms with Gasteiger partial charge in [0.05, 0.1) is 11.8 Å². The zero-order valence-corrected chi connectivity index (χ0v) is 16.3. The molecule has 1 N–H and O–H groups in total. The third-order valence-corrected chi connectivity index (χ3v) is 4.89. The average Bonchev–Trinajstić information content (AvgIpc) is 2.58. The van der Waals surface area contributed by atoms with Crippen LogP contribution in [-0.2, 0) is 24.9 Å². The molecular formula is C16H21BrN2O4S. The lowest BCUT2D eigenvalue weighted by Gasteiger charge is -2.17. The van der Waals surface area contributed by atoms with Crippen molar-refractivity contribution in [1.29, 1.82) is 0 Å². The van der Waals surface area contributed by atoms with E-state index in [0.717, 1.165) is 10.0 Å². The number of benzene rings is 1. The van der Waals surface area contributed by atoms with Gasteiger partial charge in [-0.3, -0.25) is 14.4 Å². The number of carbonyl (C=O) groups is 3. The normalized spacial score (nSPS) is 11.5. The van der Waals surface area contributed by atoms with Crippen LogP contribution in [-0.4, -0.2) is 55.2 Å². The highest BCUT2D eigenvalue weighted by Gasteiger charge is 2.18. The van der Waals surface area contributed by atoms with Crippen molar-refractivity contribution < 1.29 is 19.1 Å². The lowest BCUT2D eigenvalue weighted by Crippen LogP contribution is -2.39. The highest BCUT2D eigenvalue weighted by Crippen LogP contribution is 2.20. The number of nitrogens with zero attached hydrogens (tertiary/aromatic N) is 1. The molecule has 0 radical (unpaired) electrons. The van der Waals surface area contributed by atoms with E-state index in [1.807, 2.05) is 24.3 Å². The molecule has 0 aliphatic rings. The van der Waals surface area contributed by atoms with Gasteiger partial charge < -0.3 is 15.0 Å². The summed E-state index contributed by atoms with van der Waals surface area (Å²) in [6, 6.07) is 7.85. The summed E-state index contributed by atoms with van der Waals surface area (Å²) in [4.78, 5) is 36.1. The van der Waals surface area contributed by atoms with Gasteiger partial charge in [0, 0.05) is 24.3 Å². The van der Waals surface area contributed by atoms with Crippen LogP contribution in [0.25, 0.3) is 0 Å². The number of ether oxygens (including phenoxy) is 1. The van der Waals surface area contributed by atoms with Crippen LogP contribution in [0, 0.1) is 0 Å². The predicted molar refractivity (Wildman–Crippen MR) is 97.6 cm³/mol. The fourth-order valence-electron chi connectivity index (χ4n) is 1.61. The van der Waals surface area contributed by atoms with Crippen LogP contribution in [0.5, 0.6) is 0 Å². The number of amides is 2. The summed E-state index contributed by atoms with van der Waals surface area (Å²) in [5, 5.41) is 2.04. The van der Waals surface area contributed by atoms with E-state index in [4.69, 9.17) is 4.74 Å². The maximum Gasteiger partial charge on any atom is 0.319 e. The fourth-order valence-corrected chi connectivity index (χ4v) is 2.72. The molecule has 1 rings (SSSR count). The summed E-state index contributed by atoms with van der Waals surface area (Å²) in [6.45, 7) is 1.31. The highest BCUT2D eigenvalue weighted by atomic mass is 79.9. The van der Waals surface area contributed by atoms with Crippen molar-refractivity contribution in [3.63, 3.8) is 0 Å². The molecule has 6 nitrogen and oxygen atoms in total. The van der Waals surface area contributed by atoms with Crippen molar-refractivity contribution >= 4 is 45.5 Å². The topological polar surface area (TPSA) is 75.7 Å². The second-order valence-electron chi connectivity index (χ2n) is 5.11. The van der Waals surface area contributed by atoms with Crippen LogP contribution >= 0.6 is 27.7 Å². The Morgan fingerprint density at radius 1 is 1.29 bits per heavy atom. The molecular weight excluding hydrogens is 396 g/mol. The molecule has 0 saturated carbocycles. The second-order valence-corrected chi connectivity index (χ2v) is 7.36. The van der Waals surface area contributed by atoms with Gasteiger partial charge in [-0.15, -0.1) is 11.8 Å². The Bertz CT molecular complexity index is 580. The van der Waals surface area contributed by atoms with E-state index in [0.29, 0.717) is 5.75 Å². The Labute approximate surface area is 154 Å². The van der Waals surface area contributed by atoms with E-state index in [1.54, 1.807) is 6.92 Å². The number of nitrogens with one attached hydrogen (secondary N) is 1. The smallest absolute Gasteiger partial charge is 0.319 e. The minimum Gasteiger partial charge on any atom is -0.455 e. The Hall–Kier alpha value is -1.54. The lowest BCUT2D eigenvalue weighted by atomic mass is 10.2. The van der Waals surface area contributed by atoms with Gasteiger partial charge in [-0.2, -0.15) is 0 Å². The Morgan fingerprint density at radius 2 is 1.92 bits per heavy atom. The van der Waals surface area contributed by atoms with Crippen molar-refractivity contribution in [1.82, 2.24) is 10.2 Å². The van der Waals surface area contributed by atoms with Gasteiger partial charge in [-0.25, -0.2) is 0 Å². The Morgan fingerprint density at radius 3 is 2.50 bits per heavy atom. The molecule has 0 aromatic heterocycles. The van der Waals surface area contributed by atoms with E-state index in [-0.39, 0.29) is 24.3 Å². The number of esters is 1. The van der Waals surface area contributed by atoms with Crippen molar-refractivity contribution in [3.05, 3.63) is 34.3 Å². The van der Waals surface area contributed by atoms with Gasteiger partial charge >= 0.3 is 5.97 Å². The fraction of sp³-hybridized carbons (Fsp3) is 0.438. The van der Waals surface area contributed by atoms with Crippen molar-refractivity contribution in [3.8, 4) is 0 Å². The molecule has 132 valence electrons. The first-order valence-electron chi connectivity index (χ1n) is 7.30. The van der Waals surface area contributed by atoms with E-state index in [9.17, 15) is 14.4 Å². The molecule has 0 fully saturated rings. The number of thioether (sulfide) groups is 1. The van der Waals surface area contributed by atoms with Gasteiger partial charge in [-0.05, 0) is 24.6 Å². The molecule has 0 spiro atoms. The average molecular weight is 417 g/mol. The molecule has 0 unspecified atom stereocenters. The van der Waals surface area contributed by atoms with Crippen LogP contribution in [0.3, 0.4) is 0 Å². The van der Waals surface area contributed by atoms with Crippen LogP contribution in [0.2, 0.25) is 0 Å². The minimum atomic E-state index is -0.446. The van der Waals surface area contributed by atoms with Gasteiger partial charge in [0.25, 0.3) is 5.91 Å². The minimum absolute atomic E-state index is 0.0687. The summed E-state index contributed by atoms with van der Waals surface area (Å²) in [5.74, 6) is -0.472. The maximum atomic E-state index is 11.9. The first-order chi connectivity index (χ1) is 11.3. The van der Waals surface area contributed by atoms with Crippen molar-refractivity contribution in [2.75, 3.05) is 27.2 Å². The number of rotatable bonds is 8.